The molecule has 2 rings (SSSR count). The van der Waals surface area contributed by atoms with Gasteiger partial charge < -0.3 is 19.5 Å². The summed E-state index contributed by atoms with van der Waals surface area (Å²) >= 11 is 11.8. The summed E-state index contributed by atoms with van der Waals surface area (Å²) in [6.45, 7) is 1.45. The highest BCUT2D eigenvalue weighted by Gasteiger charge is 2.23. The van der Waals surface area contributed by atoms with E-state index in [1.165, 1.54) is 33.3 Å². The SMILES string of the molecule is COc1cccc(C(=O)O[C@H](C)C(=O)Nc2ccc(Cl)cc2Cl)c1OC. The summed E-state index contributed by atoms with van der Waals surface area (Å²) in [5.41, 5.74) is 0.513. The number of halogens is 2. The van der Waals surface area contributed by atoms with Crippen LogP contribution in [0.2, 0.25) is 10.0 Å². The number of para-hydroxylation sites is 1. The maximum Gasteiger partial charge on any atom is 0.342 e. The molecule has 138 valence electrons. The third-order valence-corrected chi connectivity index (χ3v) is 4.01. The molecule has 0 saturated carbocycles. The van der Waals surface area contributed by atoms with Gasteiger partial charge in [0.25, 0.3) is 5.91 Å². The first-order valence-corrected chi connectivity index (χ1v) is 8.30. The van der Waals surface area contributed by atoms with Gasteiger partial charge in [0.1, 0.15) is 5.56 Å². The molecule has 0 aliphatic rings. The summed E-state index contributed by atoms with van der Waals surface area (Å²) in [5, 5.41) is 3.30. The molecule has 0 radical (unpaired) electrons. The van der Waals surface area contributed by atoms with Crippen molar-refractivity contribution < 1.29 is 23.8 Å². The Morgan fingerprint density at radius 1 is 1.08 bits per heavy atom. The Hall–Kier alpha value is -2.44. The lowest BCUT2D eigenvalue weighted by atomic mass is 10.2. The minimum Gasteiger partial charge on any atom is -0.493 e. The van der Waals surface area contributed by atoms with Crippen molar-refractivity contribution in [2.75, 3.05) is 19.5 Å². The topological polar surface area (TPSA) is 73.9 Å². The quantitative estimate of drug-likeness (QED) is 0.739. The van der Waals surface area contributed by atoms with E-state index < -0.39 is 18.0 Å². The lowest BCUT2D eigenvalue weighted by Crippen LogP contribution is -2.30. The average molecular weight is 398 g/mol. The van der Waals surface area contributed by atoms with Crippen molar-refractivity contribution in [3.8, 4) is 11.5 Å². The first-order chi connectivity index (χ1) is 12.4. The fourth-order valence-electron chi connectivity index (χ4n) is 2.15. The van der Waals surface area contributed by atoms with Crippen molar-refractivity contribution in [2.24, 2.45) is 0 Å². The third-order valence-electron chi connectivity index (χ3n) is 3.46. The number of nitrogens with one attached hydrogen (secondary N) is 1. The van der Waals surface area contributed by atoms with E-state index in [0.29, 0.717) is 16.5 Å². The Kier molecular flexibility index (Phi) is 6.71. The first kappa shape index (κ1) is 19.9. The smallest absolute Gasteiger partial charge is 0.342 e. The zero-order valence-corrected chi connectivity index (χ0v) is 15.9. The molecule has 26 heavy (non-hydrogen) atoms. The molecule has 6 nitrogen and oxygen atoms in total. The van der Waals surface area contributed by atoms with Crippen molar-refractivity contribution in [3.05, 3.63) is 52.0 Å². The highest BCUT2D eigenvalue weighted by Crippen LogP contribution is 2.31. The summed E-state index contributed by atoms with van der Waals surface area (Å²) in [7, 11) is 2.87. The van der Waals surface area contributed by atoms with Crippen LogP contribution in [0, 0.1) is 0 Å². The molecular formula is C18H17Cl2NO5. The van der Waals surface area contributed by atoms with Crippen LogP contribution in [0.4, 0.5) is 5.69 Å². The number of methoxy groups -OCH3 is 2. The second-order valence-corrected chi connectivity index (χ2v) is 6.05. The largest absolute Gasteiger partial charge is 0.493 e. The van der Waals surface area contributed by atoms with Crippen molar-refractivity contribution in [2.45, 2.75) is 13.0 Å². The molecule has 0 aliphatic heterocycles. The van der Waals surface area contributed by atoms with Gasteiger partial charge in [0.05, 0.1) is 24.9 Å². The number of carbonyl (C=O) groups is 2. The molecule has 1 atom stereocenters. The average Bonchev–Trinajstić information content (AvgIpc) is 2.62. The Balaban J connectivity index is 2.10. The molecule has 1 N–H and O–H groups in total. The van der Waals surface area contributed by atoms with E-state index in [0.717, 1.165) is 0 Å². The van der Waals surface area contributed by atoms with Crippen LogP contribution in [-0.4, -0.2) is 32.2 Å². The van der Waals surface area contributed by atoms with Crippen LogP contribution in [-0.2, 0) is 9.53 Å². The van der Waals surface area contributed by atoms with Crippen LogP contribution in [0.15, 0.2) is 36.4 Å². The van der Waals surface area contributed by atoms with Gasteiger partial charge in [-0.1, -0.05) is 29.3 Å². The van der Waals surface area contributed by atoms with Gasteiger partial charge in [-0.05, 0) is 37.3 Å². The molecule has 0 aliphatic carbocycles. The number of rotatable bonds is 6. The number of hydrogen-bond acceptors (Lipinski definition) is 5. The summed E-state index contributed by atoms with van der Waals surface area (Å²) in [6.07, 6.45) is -1.06. The van der Waals surface area contributed by atoms with Gasteiger partial charge >= 0.3 is 5.97 Å². The second-order valence-electron chi connectivity index (χ2n) is 5.20. The predicted octanol–water partition coefficient (Wildman–Crippen LogP) is 4.19. The summed E-state index contributed by atoms with van der Waals surface area (Å²) < 4.78 is 15.6. The van der Waals surface area contributed by atoms with Crippen molar-refractivity contribution in [1.82, 2.24) is 0 Å². The third kappa shape index (κ3) is 4.59. The number of hydrogen-bond donors (Lipinski definition) is 1. The molecule has 0 aromatic heterocycles. The molecule has 0 heterocycles. The van der Waals surface area contributed by atoms with E-state index in [1.807, 2.05) is 0 Å². The Morgan fingerprint density at radius 3 is 2.42 bits per heavy atom. The monoisotopic (exact) mass is 397 g/mol. The zero-order valence-electron chi connectivity index (χ0n) is 14.3. The van der Waals surface area contributed by atoms with Crippen LogP contribution in [0.5, 0.6) is 11.5 Å². The second kappa shape index (κ2) is 8.78. The number of esters is 1. The zero-order chi connectivity index (χ0) is 19.3. The van der Waals surface area contributed by atoms with Crippen LogP contribution >= 0.6 is 23.2 Å². The van der Waals surface area contributed by atoms with Gasteiger partial charge in [-0.25, -0.2) is 4.79 Å². The van der Waals surface area contributed by atoms with Gasteiger partial charge in [-0.3, -0.25) is 4.79 Å². The van der Waals surface area contributed by atoms with Crippen molar-refractivity contribution >= 4 is 40.8 Å². The summed E-state index contributed by atoms with van der Waals surface area (Å²) in [5.74, 6) is -0.643. The highest BCUT2D eigenvalue weighted by molar-refractivity contribution is 6.36. The van der Waals surface area contributed by atoms with E-state index in [9.17, 15) is 9.59 Å². The van der Waals surface area contributed by atoms with Crippen LogP contribution in [0.25, 0.3) is 0 Å². The van der Waals surface area contributed by atoms with Gasteiger partial charge in [-0.15, -0.1) is 0 Å². The molecule has 1 amide bonds. The number of ether oxygens (including phenoxy) is 3. The van der Waals surface area contributed by atoms with E-state index in [2.05, 4.69) is 5.32 Å². The molecule has 0 spiro atoms. The van der Waals surface area contributed by atoms with E-state index in [-0.39, 0.29) is 16.3 Å². The predicted molar refractivity (Wildman–Crippen MR) is 99.5 cm³/mol. The van der Waals surface area contributed by atoms with Crippen molar-refractivity contribution in [3.63, 3.8) is 0 Å². The minimum absolute atomic E-state index is 0.149. The van der Waals surface area contributed by atoms with Gasteiger partial charge in [0.15, 0.2) is 17.6 Å². The molecule has 0 bridgehead atoms. The molecule has 2 aromatic carbocycles. The van der Waals surface area contributed by atoms with Crippen molar-refractivity contribution in [1.29, 1.82) is 0 Å². The summed E-state index contributed by atoms with van der Waals surface area (Å²) in [4.78, 5) is 24.6. The Morgan fingerprint density at radius 2 is 1.81 bits per heavy atom. The highest BCUT2D eigenvalue weighted by atomic mass is 35.5. The maximum atomic E-state index is 12.4. The fraction of sp³-hybridized carbons (Fsp3) is 0.222. The molecule has 0 saturated heterocycles. The van der Waals surface area contributed by atoms with Gasteiger partial charge in [0.2, 0.25) is 0 Å². The number of anilines is 1. The van der Waals surface area contributed by atoms with E-state index >= 15 is 0 Å². The normalized spacial score (nSPS) is 11.4. The van der Waals surface area contributed by atoms with Gasteiger partial charge in [0, 0.05) is 5.02 Å². The standard InChI is InChI=1S/C18H17Cl2NO5/c1-10(17(22)21-14-8-7-11(19)9-13(14)20)26-18(23)12-5-4-6-15(24-2)16(12)25-3/h4-10H,1-3H3,(H,21,22)/t10-/m1/s1. The number of benzene rings is 2. The first-order valence-electron chi connectivity index (χ1n) is 7.55. The van der Waals surface area contributed by atoms with Gasteiger partial charge in [-0.2, -0.15) is 0 Å². The van der Waals surface area contributed by atoms with E-state index in [4.69, 9.17) is 37.4 Å². The number of carbonyl (C=O) groups excluding carboxylic acids is 2. The lowest BCUT2D eigenvalue weighted by Gasteiger charge is -2.16. The molecule has 2 aromatic rings. The lowest BCUT2D eigenvalue weighted by molar-refractivity contribution is -0.123. The minimum atomic E-state index is -1.06. The molecular weight excluding hydrogens is 381 g/mol. The van der Waals surface area contributed by atoms with Crippen LogP contribution in [0.3, 0.4) is 0 Å². The Bertz CT molecular complexity index is 825. The van der Waals surface area contributed by atoms with Crippen LogP contribution < -0.4 is 14.8 Å². The Labute approximate surface area is 160 Å². The summed E-state index contributed by atoms with van der Waals surface area (Å²) in [6, 6.07) is 9.42. The number of amides is 1. The molecule has 8 heteroatoms. The van der Waals surface area contributed by atoms with E-state index in [1.54, 1.807) is 24.3 Å². The molecule has 0 unspecified atom stereocenters. The maximum absolute atomic E-state index is 12.4. The molecule has 0 fully saturated rings. The fourth-order valence-corrected chi connectivity index (χ4v) is 2.61. The van der Waals surface area contributed by atoms with Crippen LogP contribution in [0.1, 0.15) is 17.3 Å².